The van der Waals surface area contributed by atoms with E-state index in [2.05, 4.69) is 68.9 Å². The molecule has 0 unspecified atom stereocenters. The lowest BCUT2D eigenvalue weighted by molar-refractivity contribution is -0.132. The average molecular weight is 470 g/mol. The number of rotatable bonds is 5. The molecular weight excluding hydrogens is 434 g/mol. The summed E-state index contributed by atoms with van der Waals surface area (Å²) >= 11 is 1.64. The number of aromatic nitrogens is 1. The van der Waals surface area contributed by atoms with Gasteiger partial charge in [0.25, 0.3) is 0 Å². The van der Waals surface area contributed by atoms with Crippen molar-refractivity contribution in [3.63, 3.8) is 0 Å². The van der Waals surface area contributed by atoms with E-state index in [1.54, 1.807) is 16.2 Å². The Bertz CT molecular complexity index is 873. The summed E-state index contributed by atoms with van der Waals surface area (Å²) in [5.74, 6) is 0.170. The average Bonchev–Trinajstić information content (AvgIpc) is 3.43. The second-order valence-electron chi connectivity index (χ2n) is 8.48. The lowest BCUT2D eigenvalue weighted by atomic mass is 9.92. The third-order valence-corrected chi connectivity index (χ3v) is 5.53. The molecule has 1 saturated heterocycles. The van der Waals surface area contributed by atoms with Gasteiger partial charge in [-0.15, -0.1) is 37.0 Å². The first-order valence-electron chi connectivity index (χ1n) is 10.5. The molecule has 2 N–H and O–H groups in total. The van der Waals surface area contributed by atoms with E-state index in [9.17, 15) is 14.7 Å². The van der Waals surface area contributed by atoms with Crippen molar-refractivity contribution in [3.05, 3.63) is 41.0 Å². The maximum Gasteiger partial charge on any atom is 0.223 e. The minimum absolute atomic E-state index is 0.0463. The Labute approximate surface area is 202 Å². The molecule has 0 saturated carbocycles. The monoisotopic (exact) mass is 469 g/mol. The van der Waals surface area contributed by atoms with E-state index in [1.165, 1.54) is 10.4 Å². The van der Waals surface area contributed by atoms with Crippen LogP contribution in [0.25, 0.3) is 10.4 Å². The van der Waals surface area contributed by atoms with Gasteiger partial charge >= 0.3 is 0 Å². The first-order valence-corrected chi connectivity index (χ1v) is 11.4. The Morgan fingerprint density at radius 2 is 1.85 bits per heavy atom. The van der Waals surface area contributed by atoms with Crippen LogP contribution >= 0.6 is 11.3 Å². The summed E-state index contributed by atoms with van der Waals surface area (Å²) < 4.78 is 0. The van der Waals surface area contributed by atoms with Gasteiger partial charge in [-0.25, -0.2) is 4.98 Å². The van der Waals surface area contributed by atoms with Crippen LogP contribution in [0.1, 0.15) is 44.9 Å². The van der Waals surface area contributed by atoms with Crippen LogP contribution in [0.3, 0.4) is 0 Å². The SMILES string of the molecule is C#C.C#C.CC(C)(C)CC(=O)N1CC[C@@H](O)C1.Cc1ncsc1-c1ccc(CNC=O)cc1. The minimum atomic E-state index is -0.302. The molecule has 1 atom stereocenters. The molecule has 3 rings (SSSR count). The number of benzene rings is 1. The zero-order valence-corrected chi connectivity index (χ0v) is 20.8. The summed E-state index contributed by atoms with van der Waals surface area (Å²) in [4.78, 5) is 29.0. The van der Waals surface area contributed by atoms with Gasteiger partial charge in [0.2, 0.25) is 12.3 Å². The van der Waals surface area contributed by atoms with Gasteiger partial charge in [-0.3, -0.25) is 9.59 Å². The number of nitrogens with one attached hydrogen (secondary N) is 1. The molecule has 178 valence electrons. The molecule has 0 radical (unpaired) electrons. The molecule has 1 aliphatic heterocycles. The summed E-state index contributed by atoms with van der Waals surface area (Å²) in [5, 5.41) is 11.9. The number of aliphatic hydroxyl groups is 1. The van der Waals surface area contributed by atoms with Crippen molar-refractivity contribution in [1.82, 2.24) is 15.2 Å². The van der Waals surface area contributed by atoms with Crippen LogP contribution < -0.4 is 5.32 Å². The predicted molar refractivity (Wildman–Crippen MR) is 136 cm³/mol. The van der Waals surface area contributed by atoms with E-state index in [0.29, 0.717) is 25.9 Å². The van der Waals surface area contributed by atoms with Crippen LogP contribution in [0.2, 0.25) is 0 Å². The zero-order chi connectivity index (χ0) is 25.4. The maximum absolute atomic E-state index is 11.6. The molecule has 0 aliphatic carbocycles. The summed E-state index contributed by atoms with van der Waals surface area (Å²) in [6, 6.07) is 8.15. The highest BCUT2D eigenvalue weighted by Gasteiger charge is 2.27. The van der Waals surface area contributed by atoms with Crippen LogP contribution in [0.4, 0.5) is 0 Å². The number of carbonyl (C=O) groups is 2. The lowest BCUT2D eigenvalue weighted by Crippen LogP contribution is -2.32. The maximum atomic E-state index is 11.6. The number of hydrogen-bond donors (Lipinski definition) is 2. The lowest BCUT2D eigenvalue weighted by Gasteiger charge is -2.22. The van der Waals surface area contributed by atoms with Crippen molar-refractivity contribution < 1.29 is 14.7 Å². The Morgan fingerprint density at radius 1 is 1.24 bits per heavy atom. The highest BCUT2D eigenvalue weighted by atomic mass is 32.1. The van der Waals surface area contributed by atoms with Gasteiger partial charge in [0, 0.05) is 26.1 Å². The van der Waals surface area contributed by atoms with Crippen molar-refractivity contribution in [1.29, 1.82) is 0 Å². The van der Waals surface area contributed by atoms with Gasteiger partial charge in [-0.05, 0) is 29.9 Å². The molecule has 0 spiro atoms. The quantitative estimate of drug-likeness (QED) is 0.514. The second kappa shape index (κ2) is 15.6. The van der Waals surface area contributed by atoms with Gasteiger partial charge < -0.3 is 15.3 Å². The standard InChI is InChI=1S/C12H12N2OS.C10H19NO2.2C2H2/c1-9-12(16-8-14-9)11-4-2-10(3-5-11)6-13-7-15;1-10(2,3)6-9(13)11-5-4-8(12)7-11;2*1-2/h2-5,7-8H,6H2,1H3,(H,13,15);8,12H,4-7H2,1-3H3;2*1-2H/t;8-;;/m.1../s1. The fraction of sp³-hybridized carbons (Fsp3) is 0.423. The first-order chi connectivity index (χ1) is 15.7. The molecule has 0 bridgehead atoms. The van der Waals surface area contributed by atoms with E-state index in [0.717, 1.165) is 24.2 Å². The number of nitrogens with zero attached hydrogens (tertiary/aromatic N) is 2. The van der Waals surface area contributed by atoms with Crippen LogP contribution in [0.5, 0.6) is 0 Å². The van der Waals surface area contributed by atoms with Crippen LogP contribution in [0, 0.1) is 38.0 Å². The molecule has 33 heavy (non-hydrogen) atoms. The van der Waals surface area contributed by atoms with Crippen molar-refractivity contribution in [2.24, 2.45) is 5.41 Å². The van der Waals surface area contributed by atoms with Crippen LogP contribution in [-0.2, 0) is 16.1 Å². The first kappa shape index (κ1) is 29.9. The smallest absolute Gasteiger partial charge is 0.223 e. The number of carbonyl (C=O) groups excluding carboxylic acids is 2. The molecule has 1 fully saturated rings. The molecule has 6 nitrogen and oxygen atoms in total. The molecule has 1 aromatic heterocycles. The highest BCUT2D eigenvalue weighted by Crippen LogP contribution is 2.27. The highest BCUT2D eigenvalue weighted by molar-refractivity contribution is 7.13. The molecule has 1 aromatic carbocycles. The topological polar surface area (TPSA) is 82.5 Å². The molecule has 7 heteroatoms. The van der Waals surface area contributed by atoms with Crippen molar-refractivity contribution in [2.45, 2.75) is 53.2 Å². The van der Waals surface area contributed by atoms with Gasteiger partial charge in [-0.1, -0.05) is 45.0 Å². The van der Waals surface area contributed by atoms with Gasteiger partial charge in [0.1, 0.15) is 0 Å². The number of aryl methyl sites for hydroxylation is 1. The van der Waals surface area contributed by atoms with E-state index in [1.807, 2.05) is 24.6 Å². The molecular formula is C26H35N3O3S. The third kappa shape index (κ3) is 11.3. The summed E-state index contributed by atoms with van der Waals surface area (Å²) in [6.07, 6.45) is 17.7. The van der Waals surface area contributed by atoms with Crippen LogP contribution in [0.15, 0.2) is 29.8 Å². The van der Waals surface area contributed by atoms with E-state index < -0.39 is 0 Å². The molecule has 2 heterocycles. The number of likely N-dealkylation sites (tertiary alicyclic amines) is 1. The number of β-amino-alcohol motifs (C(OH)–C–C–N with tert-alkyl or cyclic N) is 1. The van der Waals surface area contributed by atoms with Gasteiger partial charge in [0.05, 0.1) is 22.2 Å². The largest absolute Gasteiger partial charge is 0.391 e. The predicted octanol–water partition coefficient (Wildman–Crippen LogP) is 3.88. The summed E-state index contributed by atoms with van der Waals surface area (Å²) in [5.41, 5.74) is 5.23. The van der Waals surface area contributed by atoms with Gasteiger partial charge in [0.15, 0.2) is 0 Å². The number of terminal acetylenes is 2. The Morgan fingerprint density at radius 3 is 2.27 bits per heavy atom. The Kier molecular flexibility index (Phi) is 14.2. The number of aliphatic hydroxyl groups excluding tert-OH is 1. The number of amides is 2. The van der Waals surface area contributed by atoms with Crippen molar-refractivity contribution in [3.8, 4) is 36.1 Å². The minimum Gasteiger partial charge on any atom is -0.391 e. The molecule has 2 amide bonds. The summed E-state index contributed by atoms with van der Waals surface area (Å²) in [6.45, 7) is 9.98. The van der Waals surface area contributed by atoms with E-state index >= 15 is 0 Å². The zero-order valence-electron chi connectivity index (χ0n) is 20.0. The summed E-state index contributed by atoms with van der Waals surface area (Å²) in [7, 11) is 0. The molecule has 1 aliphatic rings. The number of hydrogen-bond acceptors (Lipinski definition) is 5. The van der Waals surface area contributed by atoms with E-state index in [-0.39, 0.29) is 17.4 Å². The molecule has 2 aromatic rings. The van der Waals surface area contributed by atoms with Crippen molar-refractivity contribution in [2.75, 3.05) is 13.1 Å². The third-order valence-electron chi connectivity index (χ3n) is 4.55. The number of thiazole rings is 1. The van der Waals surface area contributed by atoms with Crippen molar-refractivity contribution >= 4 is 23.7 Å². The normalized spacial score (nSPS) is 14.3. The van der Waals surface area contributed by atoms with Crippen LogP contribution in [-0.4, -0.2) is 46.5 Å². The fourth-order valence-corrected chi connectivity index (χ4v) is 3.86. The Balaban J connectivity index is 0.000000549. The van der Waals surface area contributed by atoms with Gasteiger partial charge in [-0.2, -0.15) is 0 Å². The van der Waals surface area contributed by atoms with E-state index in [4.69, 9.17) is 0 Å². The fourth-order valence-electron chi connectivity index (χ4n) is 3.05. The Hall–Kier alpha value is -3.13. The second-order valence-corrected chi connectivity index (χ2v) is 9.34.